The van der Waals surface area contributed by atoms with Crippen LogP contribution in [0, 0.1) is 0 Å². The Bertz CT molecular complexity index is 527. The molecule has 1 aliphatic heterocycles. The predicted octanol–water partition coefficient (Wildman–Crippen LogP) is 2.43. The highest BCUT2D eigenvalue weighted by Gasteiger charge is 2.34. The summed E-state index contributed by atoms with van der Waals surface area (Å²) in [6.07, 6.45) is 5.45. The highest BCUT2D eigenvalue weighted by Crippen LogP contribution is 2.29. The molecule has 1 heterocycles. The third-order valence-electron chi connectivity index (χ3n) is 4.48. The Labute approximate surface area is 150 Å². The van der Waals surface area contributed by atoms with Crippen molar-refractivity contribution >= 4 is 12.1 Å². The average molecular weight is 353 g/mol. The van der Waals surface area contributed by atoms with Crippen LogP contribution < -0.4 is 5.32 Å². The topological polar surface area (TPSA) is 71.1 Å². The molecule has 1 aliphatic carbocycles. The number of hydrogen-bond donors (Lipinski definition) is 1. The first-order valence-electron chi connectivity index (χ1n) is 8.97. The minimum absolute atomic E-state index is 0.141. The molecule has 7 heteroatoms. The number of carbonyl (C=O) groups excluding carboxylic acids is 2. The molecule has 1 N–H and O–H groups in total. The van der Waals surface area contributed by atoms with Crippen LogP contribution in [0.15, 0.2) is 11.9 Å². The molecule has 0 aromatic rings. The molecular weight excluding hydrogens is 322 g/mol. The van der Waals surface area contributed by atoms with Gasteiger partial charge in [-0.15, -0.1) is 0 Å². The summed E-state index contributed by atoms with van der Waals surface area (Å²) in [5, 5.41) is 2.46. The van der Waals surface area contributed by atoms with E-state index in [9.17, 15) is 9.59 Å². The minimum atomic E-state index is -0.607. The first-order chi connectivity index (χ1) is 11.7. The molecule has 142 valence electrons. The molecule has 1 amide bonds. The molecule has 0 aromatic carbocycles. The third kappa shape index (κ3) is 5.83. The van der Waals surface area contributed by atoms with Crippen molar-refractivity contribution in [3.63, 3.8) is 0 Å². The zero-order valence-electron chi connectivity index (χ0n) is 16.0. The number of nitrogens with zero attached hydrogens (tertiary/aromatic N) is 2. The van der Waals surface area contributed by atoms with Crippen molar-refractivity contribution < 1.29 is 19.1 Å². The zero-order chi connectivity index (χ0) is 18.6. The normalized spacial score (nSPS) is 24.0. The maximum absolute atomic E-state index is 12.1. The van der Waals surface area contributed by atoms with Crippen molar-refractivity contribution in [3.8, 4) is 0 Å². The van der Waals surface area contributed by atoms with Crippen LogP contribution >= 0.6 is 0 Å². The lowest BCUT2D eigenvalue weighted by molar-refractivity contribution is -0.153. The molecule has 0 aromatic heterocycles. The third-order valence-corrected chi connectivity index (χ3v) is 4.48. The van der Waals surface area contributed by atoms with E-state index in [1.54, 1.807) is 20.8 Å². The molecule has 2 rings (SSSR count). The standard InChI is InChI=1S/C18H31N3O4/c1-13-11-21(12-20(13)5)14-8-6-7-9-15(14)24-16(22)10-19-17(23)25-18(2,3)4/h11,14-15H,6-10,12H2,1-5H3,(H,19,23). The van der Waals surface area contributed by atoms with E-state index in [1.165, 1.54) is 5.70 Å². The van der Waals surface area contributed by atoms with E-state index in [0.29, 0.717) is 0 Å². The fraction of sp³-hybridized carbons (Fsp3) is 0.778. The summed E-state index contributed by atoms with van der Waals surface area (Å²) < 4.78 is 10.8. The Morgan fingerprint density at radius 3 is 2.56 bits per heavy atom. The Kier molecular flexibility index (Phi) is 6.19. The number of allylic oxidation sites excluding steroid dienone is 1. The van der Waals surface area contributed by atoms with Crippen LogP contribution in [0.25, 0.3) is 0 Å². The number of hydrogen-bond acceptors (Lipinski definition) is 6. The van der Waals surface area contributed by atoms with Gasteiger partial charge in [0, 0.05) is 18.9 Å². The van der Waals surface area contributed by atoms with Gasteiger partial charge in [0.05, 0.1) is 12.7 Å². The van der Waals surface area contributed by atoms with Crippen LogP contribution in [-0.4, -0.2) is 59.9 Å². The van der Waals surface area contributed by atoms with Gasteiger partial charge in [-0.25, -0.2) is 4.79 Å². The molecule has 0 radical (unpaired) electrons. The first kappa shape index (κ1) is 19.4. The Morgan fingerprint density at radius 1 is 1.28 bits per heavy atom. The zero-order valence-corrected chi connectivity index (χ0v) is 16.0. The lowest BCUT2D eigenvalue weighted by atomic mass is 9.91. The van der Waals surface area contributed by atoms with E-state index in [4.69, 9.17) is 9.47 Å². The van der Waals surface area contributed by atoms with Crippen LogP contribution in [0.4, 0.5) is 4.79 Å². The van der Waals surface area contributed by atoms with Gasteiger partial charge in [0.2, 0.25) is 0 Å². The van der Waals surface area contributed by atoms with Crippen molar-refractivity contribution in [2.45, 2.75) is 71.1 Å². The molecule has 2 atom stereocenters. The smallest absolute Gasteiger partial charge is 0.408 e. The number of ether oxygens (including phenoxy) is 2. The van der Waals surface area contributed by atoms with Crippen molar-refractivity contribution in [2.24, 2.45) is 0 Å². The molecule has 7 nitrogen and oxygen atoms in total. The monoisotopic (exact) mass is 353 g/mol. The molecule has 1 saturated carbocycles. The van der Waals surface area contributed by atoms with Crippen molar-refractivity contribution in [2.75, 3.05) is 20.3 Å². The number of nitrogens with one attached hydrogen (secondary N) is 1. The lowest BCUT2D eigenvalue weighted by Gasteiger charge is -2.37. The van der Waals surface area contributed by atoms with Crippen molar-refractivity contribution in [3.05, 3.63) is 11.9 Å². The van der Waals surface area contributed by atoms with Gasteiger partial charge in [0.25, 0.3) is 0 Å². The summed E-state index contributed by atoms with van der Waals surface area (Å²) in [5.74, 6) is -0.420. The quantitative estimate of drug-likeness (QED) is 0.783. The summed E-state index contributed by atoms with van der Waals surface area (Å²) in [7, 11) is 2.06. The van der Waals surface area contributed by atoms with Gasteiger partial charge in [-0.05, 0) is 47.0 Å². The van der Waals surface area contributed by atoms with Crippen LogP contribution in [0.1, 0.15) is 53.4 Å². The number of amides is 1. The van der Waals surface area contributed by atoms with Crippen molar-refractivity contribution in [1.29, 1.82) is 0 Å². The molecule has 1 fully saturated rings. The van der Waals surface area contributed by atoms with Crippen LogP contribution in [0.3, 0.4) is 0 Å². The maximum atomic E-state index is 12.1. The van der Waals surface area contributed by atoms with Gasteiger partial charge in [0.15, 0.2) is 0 Å². The molecule has 0 bridgehead atoms. The summed E-state index contributed by atoms with van der Waals surface area (Å²) in [4.78, 5) is 28.2. The van der Waals surface area contributed by atoms with E-state index in [1.807, 2.05) is 0 Å². The number of carbonyl (C=O) groups is 2. The van der Waals surface area contributed by atoms with Gasteiger partial charge in [0.1, 0.15) is 18.2 Å². The number of rotatable bonds is 4. The first-order valence-corrected chi connectivity index (χ1v) is 8.97. The second kappa shape index (κ2) is 7.97. The average Bonchev–Trinajstić information content (AvgIpc) is 2.83. The number of alkyl carbamates (subject to hydrolysis) is 1. The molecule has 25 heavy (non-hydrogen) atoms. The van der Waals surface area contributed by atoms with E-state index in [2.05, 4.69) is 35.3 Å². The van der Waals surface area contributed by atoms with Gasteiger partial charge in [-0.2, -0.15) is 0 Å². The van der Waals surface area contributed by atoms with E-state index in [0.717, 1.165) is 32.4 Å². The second-order valence-electron chi connectivity index (χ2n) is 7.86. The van der Waals surface area contributed by atoms with Crippen LogP contribution in [-0.2, 0) is 14.3 Å². The summed E-state index contributed by atoms with van der Waals surface area (Å²) in [5.41, 5.74) is 0.622. The highest BCUT2D eigenvalue weighted by atomic mass is 16.6. The fourth-order valence-electron chi connectivity index (χ4n) is 3.20. The van der Waals surface area contributed by atoms with Crippen LogP contribution in [0.5, 0.6) is 0 Å². The minimum Gasteiger partial charge on any atom is -0.459 e. The van der Waals surface area contributed by atoms with Gasteiger partial charge >= 0.3 is 12.1 Å². The molecule has 0 spiro atoms. The highest BCUT2D eigenvalue weighted by molar-refractivity contribution is 5.78. The van der Waals surface area contributed by atoms with Crippen molar-refractivity contribution in [1.82, 2.24) is 15.1 Å². The second-order valence-corrected chi connectivity index (χ2v) is 7.86. The SMILES string of the molecule is CC1=CN(C2CCCCC2OC(=O)CNC(=O)OC(C)(C)C)CN1C. The maximum Gasteiger partial charge on any atom is 0.408 e. The number of esters is 1. The summed E-state index contributed by atoms with van der Waals surface area (Å²) in [6, 6.07) is 0.194. The molecule has 2 unspecified atom stereocenters. The summed E-state index contributed by atoms with van der Waals surface area (Å²) >= 11 is 0. The largest absolute Gasteiger partial charge is 0.459 e. The fourth-order valence-corrected chi connectivity index (χ4v) is 3.20. The van der Waals surface area contributed by atoms with Crippen LogP contribution in [0.2, 0.25) is 0 Å². The van der Waals surface area contributed by atoms with E-state index < -0.39 is 17.7 Å². The van der Waals surface area contributed by atoms with Gasteiger partial charge in [-0.1, -0.05) is 6.42 Å². The summed E-state index contributed by atoms with van der Waals surface area (Å²) in [6.45, 7) is 8.06. The van der Waals surface area contributed by atoms with E-state index in [-0.39, 0.29) is 18.7 Å². The van der Waals surface area contributed by atoms with Gasteiger partial charge in [-0.3, -0.25) is 4.79 Å². The Hall–Kier alpha value is -1.92. The Balaban J connectivity index is 1.84. The van der Waals surface area contributed by atoms with Gasteiger partial charge < -0.3 is 24.6 Å². The molecular formula is C18H31N3O4. The Morgan fingerprint density at radius 2 is 1.96 bits per heavy atom. The molecule has 2 aliphatic rings. The van der Waals surface area contributed by atoms with E-state index >= 15 is 0 Å². The predicted molar refractivity (Wildman–Crippen MR) is 94.6 cm³/mol. The molecule has 0 saturated heterocycles. The lowest BCUT2D eigenvalue weighted by Crippen LogP contribution is -2.46.